The molecule has 1 rings (SSSR count). The van der Waals surface area contributed by atoms with E-state index >= 15 is 0 Å². The molecule has 1 aliphatic heterocycles. The van der Waals surface area contributed by atoms with E-state index < -0.39 is 0 Å². The highest BCUT2D eigenvalue weighted by Crippen LogP contribution is 2.16. The van der Waals surface area contributed by atoms with Crippen LogP contribution in [0.4, 0.5) is 0 Å². The van der Waals surface area contributed by atoms with Crippen LogP contribution in [0.2, 0.25) is 0 Å². The number of carbonyl (C=O) groups is 1. The minimum atomic E-state index is 0.264. The van der Waals surface area contributed by atoms with E-state index in [2.05, 4.69) is 26.0 Å². The molecule has 1 amide bonds. The van der Waals surface area contributed by atoms with Crippen molar-refractivity contribution < 1.29 is 4.79 Å². The van der Waals surface area contributed by atoms with Gasteiger partial charge in [0.1, 0.15) is 0 Å². The first kappa shape index (κ1) is 13.2. The Morgan fingerprint density at radius 2 is 2.19 bits per heavy atom. The molecule has 0 bridgehead atoms. The first-order chi connectivity index (χ1) is 7.63. The minimum Gasteiger partial charge on any atom is -0.339 e. The molecule has 0 aliphatic carbocycles. The standard InChI is InChI=1S/C13H24N2O/c1-11(2)8-12(10-14)9-13(16)15-6-4-3-5-7-15/h3-4,11-12H,5-10,14H2,1-2H3/t12-/m0/s1. The van der Waals surface area contributed by atoms with Gasteiger partial charge in [-0.2, -0.15) is 0 Å². The minimum absolute atomic E-state index is 0.264. The van der Waals surface area contributed by atoms with Gasteiger partial charge in [0.05, 0.1) is 0 Å². The van der Waals surface area contributed by atoms with Crippen LogP contribution in [0.5, 0.6) is 0 Å². The second kappa shape index (κ2) is 6.69. The topological polar surface area (TPSA) is 46.3 Å². The summed E-state index contributed by atoms with van der Waals surface area (Å²) in [4.78, 5) is 13.9. The Kier molecular flexibility index (Phi) is 5.53. The Balaban J connectivity index is 2.38. The number of nitrogens with two attached hydrogens (primary N) is 1. The zero-order valence-corrected chi connectivity index (χ0v) is 10.5. The van der Waals surface area contributed by atoms with Gasteiger partial charge in [-0.15, -0.1) is 0 Å². The predicted octanol–water partition coefficient (Wildman–Crippen LogP) is 1.79. The maximum atomic E-state index is 12.0. The number of rotatable bonds is 5. The van der Waals surface area contributed by atoms with Gasteiger partial charge in [0.25, 0.3) is 0 Å². The fraction of sp³-hybridized carbons (Fsp3) is 0.769. The monoisotopic (exact) mass is 224 g/mol. The van der Waals surface area contributed by atoms with Crippen molar-refractivity contribution in [2.75, 3.05) is 19.6 Å². The highest BCUT2D eigenvalue weighted by Gasteiger charge is 2.19. The lowest BCUT2D eigenvalue weighted by atomic mass is 9.93. The average molecular weight is 224 g/mol. The molecule has 1 heterocycles. The molecular formula is C13H24N2O. The van der Waals surface area contributed by atoms with Gasteiger partial charge in [-0.1, -0.05) is 26.0 Å². The average Bonchev–Trinajstić information content (AvgIpc) is 2.28. The first-order valence-corrected chi connectivity index (χ1v) is 6.26. The Labute approximate surface area is 98.7 Å². The molecular weight excluding hydrogens is 200 g/mol. The van der Waals surface area contributed by atoms with Crippen molar-refractivity contribution in [3.63, 3.8) is 0 Å². The third-order valence-corrected chi connectivity index (χ3v) is 3.01. The van der Waals surface area contributed by atoms with Crippen LogP contribution in [-0.2, 0) is 4.79 Å². The summed E-state index contributed by atoms with van der Waals surface area (Å²) in [5.74, 6) is 1.22. The smallest absolute Gasteiger partial charge is 0.223 e. The molecule has 1 aliphatic rings. The summed E-state index contributed by atoms with van der Waals surface area (Å²) in [6.07, 6.45) is 6.86. The Hall–Kier alpha value is -0.830. The van der Waals surface area contributed by atoms with Crippen LogP contribution in [0, 0.1) is 11.8 Å². The van der Waals surface area contributed by atoms with Crippen molar-refractivity contribution in [3.8, 4) is 0 Å². The van der Waals surface area contributed by atoms with Crippen molar-refractivity contribution >= 4 is 5.91 Å². The van der Waals surface area contributed by atoms with Crippen LogP contribution in [0.15, 0.2) is 12.2 Å². The largest absolute Gasteiger partial charge is 0.339 e. The lowest BCUT2D eigenvalue weighted by Crippen LogP contribution is -2.36. The summed E-state index contributed by atoms with van der Waals surface area (Å²) < 4.78 is 0. The second-order valence-electron chi connectivity index (χ2n) is 5.04. The molecule has 0 unspecified atom stereocenters. The maximum Gasteiger partial charge on any atom is 0.223 e. The highest BCUT2D eigenvalue weighted by molar-refractivity contribution is 5.76. The van der Waals surface area contributed by atoms with Crippen LogP contribution in [0.25, 0.3) is 0 Å². The normalized spacial score (nSPS) is 17.9. The fourth-order valence-corrected chi connectivity index (χ4v) is 2.17. The maximum absolute atomic E-state index is 12.0. The lowest BCUT2D eigenvalue weighted by molar-refractivity contribution is -0.131. The zero-order valence-electron chi connectivity index (χ0n) is 10.5. The van der Waals surface area contributed by atoms with Gasteiger partial charge in [0.15, 0.2) is 0 Å². The van der Waals surface area contributed by atoms with Gasteiger partial charge in [0, 0.05) is 19.5 Å². The van der Waals surface area contributed by atoms with E-state index in [9.17, 15) is 4.79 Å². The molecule has 3 heteroatoms. The van der Waals surface area contributed by atoms with Crippen LogP contribution < -0.4 is 5.73 Å². The molecule has 92 valence electrons. The molecule has 0 aromatic carbocycles. The number of amides is 1. The molecule has 0 fully saturated rings. The van der Waals surface area contributed by atoms with Crippen molar-refractivity contribution in [3.05, 3.63) is 12.2 Å². The fourth-order valence-electron chi connectivity index (χ4n) is 2.17. The number of hydrogen-bond acceptors (Lipinski definition) is 2. The zero-order chi connectivity index (χ0) is 12.0. The van der Waals surface area contributed by atoms with Crippen LogP contribution in [-0.4, -0.2) is 30.4 Å². The number of hydrogen-bond donors (Lipinski definition) is 1. The van der Waals surface area contributed by atoms with E-state index in [0.717, 1.165) is 25.9 Å². The summed E-state index contributed by atoms with van der Waals surface area (Å²) in [5, 5.41) is 0. The highest BCUT2D eigenvalue weighted by atomic mass is 16.2. The summed E-state index contributed by atoms with van der Waals surface area (Å²) in [6.45, 7) is 6.62. The van der Waals surface area contributed by atoms with Crippen molar-refractivity contribution in [2.45, 2.75) is 33.1 Å². The van der Waals surface area contributed by atoms with E-state index in [1.54, 1.807) is 0 Å². The molecule has 16 heavy (non-hydrogen) atoms. The Bertz CT molecular complexity index is 248. The molecule has 2 N–H and O–H groups in total. The molecule has 1 atom stereocenters. The number of carbonyl (C=O) groups excluding carboxylic acids is 1. The summed E-state index contributed by atoms with van der Waals surface area (Å²) >= 11 is 0. The van der Waals surface area contributed by atoms with E-state index in [4.69, 9.17) is 5.73 Å². The predicted molar refractivity (Wildman–Crippen MR) is 67.0 cm³/mol. The van der Waals surface area contributed by atoms with Gasteiger partial charge in [-0.05, 0) is 31.2 Å². The van der Waals surface area contributed by atoms with Crippen LogP contribution in [0.3, 0.4) is 0 Å². The summed E-state index contributed by atoms with van der Waals surface area (Å²) in [5.41, 5.74) is 5.71. The van der Waals surface area contributed by atoms with Gasteiger partial charge >= 0.3 is 0 Å². The summed E-state index contributed by atoms with van der Waals surface area (Å²) in [6, 6.07) is 0. The van der Waals surface area contributed by atoms with E-state index in [-0.39, 0.29) is 5.91 Å². The third-order valence-electron chi connectivity index (χ3n) is 3.01. The van der Waals surface area contributed by atoms with E-state index in [1.165, 1.54) is 0 Å². The van der Waals surface area contributed by atoms with Crippen molar-refractivity contribution in [1.82, 2.24) is 4.90 Å². The third kappa shape index (κ3) is 4.35. The van der Waals surface area contributed by atoms with Gasteiger partial charge in [-0.25, -0.2) is 0 Å². The van der Waals surface area contributed by atoms with Gasteiger partial charge in [-0.3, -0.25) is 4.79 Å². The van der Waals surface area contributed by atoms with Crippen LogP contribution >= 0.6 is 0 Å². The molecule has 3 nitrogen and oxygen atoms in total. The molecule has 0 radical (unpaired) electrons. The van der Waals surface area contributed by atoms with Crippen molar-refractivity contribution in [2.24, 2.45) is 17.6 Å². The Morgan fingerprint density at radius 1 is 1.44 bits per heavy atom. The van der Waals surface area contributed by atoms with E-state index in [1.807, 2.05) is 4.90 Å². The van der Waals surface area contributed by atoms with E-state index in [0.29, 0.717) is 24.8 Å². The van der Waals surface area contributed by atoms with Crippen LogP contribution in [0.1, 0.15) is 33.1 Å². The molecule has 0 saturated carbocycles. The van der Waals surface area contributed by atoms with Crippen molar-refractivity contribution in [1.29, 1.82) is 0 Å². The quantitative estimate of drug-likeness (QED) is 0.724. The molecule has 0 aromatic heterocycles. The number of nitrogens with zero attached hydrogens (tertiary/aromatic N) is 1. The SMILES string of the molecule is CC(C)C[C@H](CN)CC(=O)N1CC=CCC1. The first-order valence-electron chi connectivity index (χ1n) is 6.26. The Morgan fingerprint density at radius 3 is 2.69 bits per heavy atom. The van der Waals surface area contributed by atoms with Gasteiger partial charge in [0.2, 0.25) is 5.91 Å². The molecule has 0 spiro atoms. The molecule has 0 saturated heterocycles. The lowest BCUT2D eigenvalue weighted by Gasteiger charge is -2.26. The van der Waals surface area contributed by atoms with Gasteiger partial charge < -0.3 is 10.6 Å². The summed E-state index contributed by atoms with van der Waals surface area (Å²) in [7, 11) is 0. The molecule has 0 aromatic rings. The second-order valence-corrected chi connectivity index (χ2v) is 5.04.